The summed E-state index contributed by atoms with van der Waals surface area (Å²) in [5.41, 5.74) is 17.6. The molecule has 0 fully saturated rings. The molecule has 0 unspecified atom stereocenters. The van der Waals surface area contributed by atoms with Gasteiger partial charge in [0.05, 0.1) is 22.2 Å². The van der Waals surface area contributed by atoms with Crippen LogP contribution >= 0.6 is 22.6 Å². The zero-order chi connectivity index (χ0) is 75.5. The molecule has 552 valence electrons. The van der Waals surface area contributed by atoms with Gasteiger partial charge >= 0.3 is 7.12 Å². The SMILES string of the molecule is C[Si](C)(C)CCOCn1nc(-c2ccccc2)c2cc(I)ccc21.Cc1cc(O)ccc1-c1ccc2[nH]nc(-c3ccccc3)c2c1.Cc1cc(OCOCC[Si](C)(C)C)ccc1-c1ccc2c(c1)c(-c1ccccc1)nn2COCC[Si](C)(C)C.Cc1cc(OCOCC[Si](C)(C)C)ccc1B(O)O. The van der Waals surface area contributed by atoms with Crippen molar-refractivity contribution in [3.05, 3.63) is 220 Å². The second-order valence-corrected chi connectivity index (χ2v) is 55.3. The van der Waals surface area contributed by atoms with Crippen LogP contribution in [0.25, 0.3) is 88.7 Å². The lowest BCUT2D eigenvalue weighted by Crippen LogP contribution is -2.31. The van der Waals surface area contributed by atoms with E-state index < -0.39 is 39.4 Å². The van der Waals surface area contributed by atoms with E-state index in [1.807, 2.05) is 65.7 Å². The largest absolute Gasteiger partial charge is 0.508 e. The second-order valence-electron chi connectivity index (χ2n) is 31.5. The van der Waals surface area contributed by atoms with Crippen LogP contribution in [0.2, 0.25) is 103 Å². The Kier molecular flexibility index (Phi) is 29.1. The minimum atomic E-state index is -1.44. The zero-order valence-corrected chi connectivity index (χ0v) is 70.2. The maximum absolute atomic E-state index is 9.60. The highest BCUT2D eigenvalue weighted by Gasteiger charge is 2.21. The third kappa shape index (κ3) is 24.9. The van der Waals surface area contributed by atoms with Gasteiger partial charge in [-0.05, 0) is 191 Å². The van der Waals surface area contributed by atoms with Crippen molar-refractivity contribution < 1.29 is 43.6 Å². The van der Waals surface area contributed by atoms with E-state index >= 15 is 0 Å². The molecule has 0 radical (unpaired) electrons. The first-order valence-corrected chi connectivity index (χ1v) is 52.1. The average molecular weight is 1590 g/mol. The van der Waals surface area contributed by atoms with Gasteiger partial charge in [0.1, 0.15) is 42.1 Å². The van der Waals surface area contributed by atoms with E-state index in [0.717, 1.165) is 145 Å². The molecule has 0 saturated carbocycles. The van der Waals surface area contributed by atoms with Crippen LogP contribution in [-0.4, -0.2) is 124 Å². The lowest BCUT2D eigenvalue weighted by atomic mass is 9.77. The molecule has 12 aromatic rings. The number of phenolic OH excluding ortho intramolecular Hbond substituents is 1. The van der Waals surface area contributed by atoms with Gasteiger partial charge in [-0.3, -0.25) is 5.10 Å². The molecule has 3 heterocycles. The Morgan fingerprint density at radius 3 is 1.28 bits per heavy atom. The number of benzene rings is 9. The summed E-state index contributed by atoms with van der Waals surface area (Å²) in [6, 6.07) is 71.7. The van der Waals surface area contributed by atoms with Crippen LogP contribution in [0.15, 0.2) is 200 Å². The molecule has 0 aliphatic heterocycles. The van der Waals surface area contributed by atoms with Gasteiger partial charge in [-0.15, -0.1) is 0 Å². The fourth-order valence-electron chi connectivity index (χ4n) is 11.5. The molecule has 0 atom stereocenters. The molecule has 0 amide bonds. The molecule has 0 bridgehead atoms. The van der Waals surface area contributed by atoms with Crippen molar-refractivity contribution in [2.24, 2.45) is 0 Å². The molecule has 0 aliphatic rings. The molecule has 4 N–H and O–H groups in total. The third-order valence-electron chi connectivity index (χ3n) is 17.7. The van der Waals surface area contributed by atoms with Gasteiger partial charge in [0, 0.05) is 95.1 Å². The highest BCUT2D eigenvalue weighted by atomic mass is 127. The summed E-state index contributed by atoms with van der Waals surface area (Å²) < 4.78 is 39.7. The number of aryl methyl sites for hydroxylation is 3. The Hall–Kier alpha value is -7.79. The van der Waals surface area contributed by atoms with Crippen molar-refractivity contribution in [3.8, 4) is 73.3 Å². The van der Waals surface area contributed by atoms with E-state index in [9.17, 15) is 5.11 Å². The Morgan fingerprint density at radius 1 is 0.410 bits per heavy atom. The Bertz CT molecular complexity index is 4740. The first kappa shape index (κ1) is 81.3. The fraction of sp³-hybridized carbons (Fsp3) is 0.321. The average Bonchev–Trinajstić information content (AvgIpc) is 1.65. The first-order valence-electron chi connectivity index (χ1n) is 36.2. The van der Waals surface area contributed by atoms with E-state index in [0.29, 0.717) is 30.4 Å². The predicted octanol–water partition coefficient (Wildman–Crippen LogP) is 20.6. The Balaban J connectivity index is 0.000000169. The number of rotatable bonds is 28. The predicted molar refractivity (Wildman–Crippen MR) is 455 cm³/mol. The van der Waals surface area contributed by atoms with Crippen LogP contribution in [0.5, 0.6) is 17.2 Å². The minimum Gasteiger partial charge on any atom is -0.508 e. The number of phenols is 1. The van der Waals surface area contributed by atoms with Crippen LogP contribution in [0.1, 0.15) is 16.7 Å². The second kappa shape index (κ2) is 37.6. The number of aromatic nitrogens is 6. The number of nitrogens with zero attached hydrogens (tertiary/aromatic N) is 5. The van der Waals surface area contributed by atoms with Gasteiger partial charge < -0.3 is 43.6 Å². The summed E-state index contributed by atoms with van der Waals surface area (Å²) in [5.74, 6) is 1.80. The number of aromatic hydroxyl groups is 1. The normalized spacial score (nSPS) is 11.8. The molecule has 21 heteroatoms. The number of fused-ring (bicyclic) bond motifs is 3. The summed E-state index contributed by atoms with van der Waals surface area (Å²) in [7, 11) is -5.78. The zero-order valence-electron chi connectivity index (χ0n) is 64.0. The maximum atomic E-state index is 9.60. The molecule has 0 spiro atoms. The number of nitrogens with one attached hydrogen (secondary N) is 1. The van der Waals surface area contributed by atoms with E-state index in [1.165, 1.54) is 20.6 Å². The number of hydrogen-bond donors (Lipinski definition) is 4. The quantitative estimate of drug-likeness (QED) is 0.0158. The molecular weight excluding hydrogens is 1490 g/mol. The number of hydrogen-bond acceptors (Lipinski definition) is 12. The smallest absolute Gasteiger partial charge is 0.488 e. The summed E-state index contributed by atoms with van der Waals surface area (Å²) >= 11 is 2.35. The van der Waals surface area contributed by atoms with Gasteiger partial charge in [0.2, 0.25) is 0 Å². The summed E-state index contributed by atoms with van der Waals surface area (Å²) in [6.45, 7) is 38.7. The van der Waals surface area contributed by atoms with E-state index in [4.69, 9.17) is 48.7 Å². The van der Waals surface area contributed by atoms with Crippen molar-refractivity contribution >= 4 is 100 Å². The topological polar surface area (TPSA) is 180 Å². The van der Waals surface area contributed by atoms with Gasteiger partial charge in [-0.1, -0.05) is 200 Å². The molecular formula is C84H106BIN6O9Si4. The first-order chi connectivity index (χ1) is 50.0. The van der Waals surface area contributed by atoms with E-state index in [1.54, 1.807) is 30.3 Å². The van der Waals surface area contributed by atoms with Gasteiger partial charge in [-0.25, -0.2) is 9.36 Å². The highest BCUT2D eigenvalue weighted by Crippen LogP contribution is 2.37. The molecule has 0 saturated heterocycles. The molecule has 12 rings (SSSR count). The lowest BCUT2D eigenvalue weighted by molar-refractivity contribution is 0.0218. The number of halogens is 1. The lowest BCUT2D eigenvalue weighted by Gasteiger charge is -2.16. The molecule has 0 aliphatic carbocycles. The summed E-state index contributed by atoms with van der Waals surface area (Å²) in [5, 5.41) is 48.6. The molecule has 15 nitrogen and oxygen atoms in total. The molecule has 9 aromatic carbocycles. The van der Waals surface area contributed by atoms with Crippen molar-refractivity contribution in [2.45, 2.75) is 137 Å². The summed E-state index contributed by atoms with van der Waals surface area (Å²) in [4.78, 5) is 0. The van der Waals surface area contributed by atoms with Gasteiger partial charge in [0.15, 0.2) is 13.6 Å². The van der Waals surface area contributed by atoms with Gasteiger partial charge in [0.25, 0.3) is 0 Å². The van der Waals surface area contributed by atoms with Crippen LogP contribution < -0.4 is 14.9 Å². The van der Waals surface area contributed by atoms with Crippen LogP contribution in [0.3, 0.4) is 0 Å². The standard InChI is InChI=1S/C32H44N2O3Si2.C20H16N2O.C19H23IN2OSi.C13H23BO4Si/c1-25-21-28(37-24-36-18-20-39(5,6)7)14-15-29(25)27-13-16-31-30(22-27)32(26-11-9-8-10-12-26)33-34(31)23-35-17-19-38(2,3)4;1-13-11-16(23)8-9-17(13)15-7-10-19-18(12-15)20(22-21-19)14-5-3-2-4-6-14;1-24(2,3)12-11-23-14-22-18-10-9-16(20)13-17(18)19(21-22)15-7-5-4-6-8-15;1-11-9-12(5-6-13(11)14(15)16)18-10-17-7-8-19(2,3)4/h8-16,21-22H,17-20,23-24H2,1-7H3;2-12,23H,1H3,(H,21,22);4-10,13H,11-12,14H2,1-3H3;5-6,9,15-16H,7-8,10H2,1-4H3. The molecule has 105 heavy (non-hydrogen) atoms. The maximum Gasteiger partial charge on any atom is 0.488 e. The fourth-order valence-corrected chi connectivity index (χ4v) is 15.0. The van der Waals surface area contributed by atoms with Crippen LogP contribution in [0.4, 0.5) is 0 Å². The number of H-pyrrole nitrogens is 1. The summed E-state index contributed by atoms with van der Waals surface area (Å²) in [6.07, 6.45) is 0. The minimum absolute atomic E-state index is 0.227. The van der Waals surface area contributed by atoms with Crippen molar-refractivity contribution in [2.75, 3.05) is 40.0 Å². The monoisotopic (exact) mass is 1590 g/mol. The Labute approximate surface area is 639 Å². The van der Waals surface area contributed by atoms with Gasteiger partial charge in [-0.2, -0.15) is 15.3 Å². The highest BCUT2D eigenvalue weighted by molar-refractivity contribution is 14.1. The third-order valence-corrected chi connectivity index (χ3v) is 25.2. The van der Waals surface area contributed by atoms with Crippen LogP contribution in [-0.2, 0) is 32.4 Å². The van der Waals surface area contributed by atoms with Crippen molar-refractivity contribution in [3.63, 3.8) is 0 Å². The number of aromatic amines is 1. The molecule has 3 aromatic heterocycles. The van der Waals surface area contributed by atoms with Crippen molar-refractivity contribution in [1.82, 2.24) is 29.8 Å². The Morgan fingerprint density at radius 2 is 0.819 bits per heavy atom. The van der Waals surface area contributed by atoms with E-state index in [-0.39, 0.29) is 13.6 Å². The number of ether oxygens (including phenoxy) is 6. The van der Waals surface area contributed by atoms with Crippen LogP contribution in [0, 0.1) is 24.3 Å². The van der Waals surface area contributed by atoms with Crippen molar-refractivity contribution in [1.29, 1.82) is 0 Å². The van der Waals surface area contributed by atoms with E-state index in [2.05, 4.69) is 246 Å².